The third-order valence-electron chi connectivity index (χ3n) is 7.55. The molecule has 0 saturated heterocycles. The normalized spacial score (nSPS) is 17.9. The topological polar surface area (TPSA) is 129 Å². The number of anilines is 2. The minimum atomic E-state index is -0.457. The zero-order valence-electron chi connectivity index (χ0n) is 25.1. The molecule has 2 aromatic carbocycles. The van der Waals surface area contributed by atoms with Crippen LogP contribution >= 0.6 is 0 Å². The Morgan fingerprint density at radius 2 is 1.95 bits per heavy atom. The molecule has 3 atom stereocenters. The number of aliphatic hydroxyl groups excluding tert-OH is 1. The third kappa shape index (κ3) is 7.59. The van der Waals surface area contributed by atoms with E-state index in [1.54, 1.807) is 44.1 Å². The molecule has 0 fully saturated rings. The highest BCUT2D eigenvalue weighted by molar-refractivity contribution is 6.00. The molecule has 4 rings (SSSR count). The van der Waals surface area contributed by atoms with Crippen LogP contribution in [-0.2, 0) is 17.8 Å². The Bertz CT molecular complexity index is 1360. The fraction of sp³-hybridized carbons (Fsp3) is 0.452. The standard InChI is InChI=1S/C31H41N5O6/c1-19-15-36(20(2)18-37)29(38)14-24-13-25(32-31(39)33-30-21(3)34-42-22(30)4)9-12-27(24)41-28(19)17-35(5)16-23-7-10-26(40-6)11-8-23/h7-13,19-20,28,37H,14-18H2,1-6H3,(H2,32,33,39)/t19-,20+,28+/m0/s1. The Labute approximate surface area is 246 Å². The molecule has 0 unspecified atom stereocenters. The maximum atomic E-state index is 13.5. The smallest absolute Gasteiger partial charge is 0.323 e. The van der Waals surface area contributed by atoms with Gasteiger partial charge in [0, 0.05) is 36.8 Å². The SMILES string of the molecule is COc1ccc(CN(C)C[C@H]2Oc3ccc(NC(=O)Nc4c(C)noc4C)cc3CC(=O)N([C@H](C)CO)C[C@@H]2C)cc1. The van der Waals surface area contributed by atoms with Gasteiger partial charge in [-0.2, -0.15) is 0 Å². The van der Waals surface area contributed by atoms with E-state index in [0.29, 0.717) is 53.8 Å². The highest BCUT2D eigenvalue weighted by Gasteiger charge is 2.31. The Morgan fingerprint density at radius 3 is 2.60 bits per heavy atom. The van der Waals surface area contributed by atoms with Gasteiger partial charge in [-0.3, -0.25) is 9.69 Å². The number of methoxy groups -OCH3 is 1. The van der Waals surface area contributed by atoms with E-state index >= 15 is 0 Å². The first-order chi connectivity index (χ1) is 20.1. The molecular formula is C31H41N5O6. The van der Waals surface area contributed by atoms with Crippen molar-refractivity contribution in [2.45, 2.75) is 52.8 Å². The number of aliphatic hydroxyl groups is 1. The lowest BCUT2D eigenvalue weighted by atomic mass is 10.0. The molecule has 0 saturated carbocycles. The molecule has 1 aliphatic heterocycles. The molecule has 3 amide bonds. The number of carbonyl (C=O) groups excluding carboxylic acids is 2. The van der Waals surface area contributed by atoms with Crippen molar-refractivity contribution in [3.8, 4) is 11.5 Å². The van der Waals surface area contributed by atoms with Crippen LogP contribution in [0.25, 0.3) is 0 Å². The summed E-state index contributed by atoms with van der Waals surface area (Å²) in [6.45, 7) is 9.00. The first kappa shape index (κ1) is 30.9. The van der Waals surface area contributed by atoms with Gasteiger partial charge in [0.1, 0.15) is 29.0 Å². The van der Waals surface area contributed by atoms with Crippen molar-refractivity contribution in [1.29, 1.82) is 0 Å². The van der Waals surface area contributed by atoms with E-state index in [1.165, 1.54) is 0 Å². The van der Waals surface area contributed by atoms with Crippen molar-refractivity contribution in [2.24, 2.45) is 5.92 Å². The number of aryl methyl sites for hydroxylation is 2. The van der Waals surface area contributed by atoms with Gasteiger partial charge < -0.3 is 34.6 Å². The number of fused-ring (bicyclic) bond motifs is 1. The van der Waals surface area contributed by atoms with Crippen LogP contribution in [0.3, 0.4) is 0 Å². The number of amides is 3. The van der Waals surface area contributed by atoms with E-state index in [2.05, 4.69) is 27.6 Å². The maximum Gasteiger partial charge on any atom is 0.323 e. The summed E-state index contributed by atoms with van der Waals surface area (Å²) < 4.78 is 17.0. The summed E-state index contributed by atoms with van der Waals surface area (Å²) in [5, 5.41) is 19.4. The number of nitrogens with one attached hydrogen (secondary N) is 2. The number of rotatable bonds is 9. The van der Waals surface area contributed by atoms with Gasteiger partial charge in [0.2, 0.25) is 5.91 Å². The lowest BCUT2D eigenvalue weighted by Gasteiger charge is -2.34. The number of urea groups is 1. The quantitative estimate of drug-likeness (QED) is 0.344. The molecule has 0 radical (unpaired) electrons. The second-order valence-corrected chi connectivity index (χ2v) is 11.0. The average molecular weight is 580 g/mol. The van der Waals surface area contributed by atoms with Crippen LogP contribution in [0.4, 0.5) is 16.2 Å². The number of likely N-dealkylation sites (N-methyl/N-ethyl adjacent to an activating group) is 1. The second-order valence-electron chi connectivity index (χ2n) is 11.0. The molecule has 0 spiro atoms. The van der Waals surface area contributed by atoms with Gasteiger partial charge in [-0.25, -0.2) is 4.79 Å². The van der Waals surface area contributed by atoms with Crippen LogP contribution in [0.2, 0.25) is 0 Å². The van der Waals surface area contributed by atoms with Crippen molar-refractivity contribution in [2.75, 3.05) is 44.5 Å². The van der Waals surface area contributed by atoms with E-state index in [-0.39, 0.29) is 37.0 Å². The lowest BCUT2D eigenvalue weighted by Crippen LogP contribution is -2.47. The fourth-order valence-corrected chi connectivity index (χ4v) is 5.08. The van der Waals surface area contributed by atoms with E-state index in [9.17, 15) is 14.7 Å². The van der Waals surface area contributed by atoms with Crippen molar-refractivity contribution in [1.82, 2.24) is 15.0 Å². The van der Waals surface area contributed by atoms with Gasteiger partial charge in [-0.1, -0.05) is 24.2 Å². The Morgan fingerprint density at radius 1 is 1.21 bits per heavy atom. The number of aromatic nitrogens is 1. The summed E-state index contributed by atoms with van der Waals surface area (Å²) >= 11 is 0. The van der Waals surface area contributed by atoms with E-state index < -0.39 is 6.03 Å². The first-order valence-corrected chi connectivity index (χ1v) is 14.1. The van der Waals surface area contributed by atoms with Crippen LogP contribution in [0.1, 0.15) is 36.4 Å². The van der Waals surface area contributed by atoms with Gasteiger partial charge in [0.05, 0.1) is 26.2 Å². The lowest BCUT2D eigenvalue weighted by molar-refractivity contribution is -0.134. The molecule has 3 N–H and O–H groups in total. The molecule has 2 heterocycles. The number of benzene rings is 2. The summed E-state index contributed by atoms with van der Waals surface area (Å²) in [7, 11) is 3.69. The zero-order valence-corrected chi connectivity index (χ0v) is 25.1. The summed E-state index contributed by atoms with van der Waals surface area (Å²) in [4.78, 5) is 30.1. The minimum absolute atomic E-state index is 0.0224. The van der Waals surface area contributed by atoms with Crippen LogP contribution < -0.4 is 20.1 Å². The monoisotopic (exact) mass is 579 g/mol. The summed E-state index contributed by atoms with van der Waals surface area (Å²) in [6.07, 6.45) is -0.171. The van der Waals surface area contributed by atoms with Gasteiger partial charge >= 0.3 is 6.03 Å². The molecule has 11 nitrogen and oxygen atoms in total. The molecule has 1 aromatic heterocycles. The Hall–Kier alpha value is -4.09. The predicted molar refractivity (Wildman–Crippen MR) is 160 cm³/mol. The largest absolute Gasteiger partial charge is 0.497 e. The summed E-state index contributed by atoms with van der Waals surface area (Å²) in [5.41, 5.74) is 3.40. The molecule has 0 aliphatic carbocycles. The van der Waals surface area contributed by atoms with E-state index in [1.807, 2.05) is 38.2 Å². The van der Waals surface area contributed by atoms with Crippen molar-refractivity contribution < 1.29 is 28.7 Å². The molecule has 3 aromatic rings. The number of hydrogen-bond acceptors (Lipinski definition) is 8. The van der Waals surface area contributed by atoms with Gasteiger partial charge in [-0.15, -0.1) is 0 Å². The van der Waals surface area contributed by atoms with Crippen LogP contribution in [0.15, 0.2) is 47.0 Å². The van der Waals surface area contributed by atoms with Gasteiger partial charge in [-0.05, 0) is 63.7 Å². The van der Waals surface area contributed by atoms with Gasteiger partial charge in [0.25, 0.3) is 0 Å². The second kappa shape index (κ2) is 13.7. The predicted octanol–water partition coefficient (Wildman–Crippen LogP) is 4.23. The molecule has 0 bridgehead atoms. The number of nitrogens with zero attached hydrogens (tertiary/aromatic N) is 3. The van der Waals surface area contributed by atoms with E-state index in [4.69, 9.17) is 14.0 Å². The number of ether oxygens (including phenoxy) is 2. The zero-order chi connectivity index (χ0) is 30.4. The minimum Gasteiger partial charge on any atom is -0.497 e. The maximum absolute atomic E-state index is 13.5. The average Bonchev–Trinajstić information content (AvgIpc) is 3.29. The van der Waals surface area contributed by atoms with Crippen LogP contribution in [0, 0.1) is 19.8 Å². The molecule has 226 valence electrons. The first-order valence-electron chi connectivity index (χ1n) is 14.1. The highest BCUT2D eigenvalue weighted by Crippen LogP contribution is 2.30. The summed E-state index contributed by atoms with van der Waals surface area (Å²) in [6, 6.07) is 12.5. The van der Waals surface area contributed by atoms with Crippen LogP contribution in [-0.4, -0.2) is 78.0 Å². The third-order valence-corrected chi connectivity index (χ3v) is 7.55. The molecule has 1 aliphatic rings. The number of hydrogen-bond donors (Lipinski definition) is 3. The fourth-order valence-electron chi connectivity index (χ4n) is 5.08. The number of carbonyl (C=O) groups is 2. The van der Waals surface area contributed by atoms with Crippen molar-refractivity contribution in [3.63, 3.8) is 0 Å². The molecule has 11 heteroatoms. The van der Waals surface area contributed by atoms with E-state index in [0.717, 1.165) is 11.3 Å². The Balaban J connectivity index is 1.56. The Kier molecular flexibility index (Phi) is 10.1. The summed E-state index contributed by atoms with van der Waals surface area (Å²) in [5.74, 6) is 1.77. The molecular weight excluding hydrogens is 538 g/mol. The van der Waals surface area contributed by atoms with Gasteiger partial charge in [0.15, 0.2) is 5.76 Å². The van der Waals surface area contributed by atoms with Crippen molar-refractivity contribution in [3.05, 3.63) is 65.0 Å². The van der Waals surface area contributed by atoms with Crippen molar-refractivity contribution >= 4 is 23.3 Å². The van der Waals surface area contributed by atoms with Crippen LogP contribution in [0.5, 0.6) is 11.5 Å². The molecule has 42 heavy (non-hydrogen) atoms. The highest BCUT2D eigenvalue weighted by atomic mass is 16.5.